The average molecular weight is 374 g/mol. The first kappa shape index (κ1) is 18.0. The fraction of sp³-hybridized carbons (Fsp3) is 0.182. The highest BCUT2D eigenvalue weighted by molar-refractivity contribution is 5.91. The van der Waals surface area contributed by atoms with Gasteiger partial charge in [0.25, 0.3) is 5.91 Å². The van der Waals surface area contributed by atoms with Gasteiger partial charge in [0.05, 0.1) is 6.04 Å². The SMILES string of the molecule is Cc1ccccc1CNC(=O)c1coc(C(N)Cc2c[nH]c3ccccc23)n1. The van der Waals surface area contributed by atoms with Crippen molar-refractivity contribution in [2.24, 2.45) is 5.73 Å². The van der Waals surface area contributed by atoms with Crippen LogP contribution >= 0.6 is 0 Å². The molecular formula is C22H22N4O2. The molecule has 4 rings (SSSR count). The number of hydrogen-bond acceptors (Lipinski definition) is 4. The number of para-hydroxylation sites is 1. The topological polar surface area (TPSA) is 96.9 Å². The molecule has 28 heavy (non-hydrogen) atoms. The minimum Gasteiger partial charge on any atom is -0.446 e. The molecule has 0 fully saturated rings. The summed E-state index contributed by atoms with van der Waals surface area (Å²) >= 11 is 0. The van der Waals surface area contributed by atoms with Gasteiger partial charge in [0.2, 0.25) is 5.89 Å². The molecule has 0 aliphatic rings. The van der Waals surface area contributed by atoms with E-state index in [-0.39, 0.29) is 11.6 Å². The standard InChI is InChI=1S/C22H22N4O2/c1-14-6-2-3-7-15(14)11-25-21(27)20-13-28-22(26-20)18(23)10-16-12-24-19-9-5-4-8-17(16)19/h2-9,12-13,18,24H,10-11,23H2,1H3,(H,25,27). The number of hydrogen-bond donors (Lipinski definition) is 3. The van der Waals surface area contributed by atoms with Gasteiger partial charge in [0, 0.05) is 23.6 Å². The number of aromatic nitrogens is 2. The van der Waals surface area contributed by atoms with Crippen LogP contribution in [0.1, 0.15) is 39.1 Å². The third-order valence-corrected chi connectivity index (χ3v) is 4.89. The number of aryl methyl sites for hydroxylation is 1. The summed E-state index contributed by atoms with van der Waals surface area (Å²) in [6, 6.07) is 15.5. The Morgan fingerprint density at radius 3 is 2.82 bits per heavy atom. The maximum atomic E-state index is 12.4. The lowest BCUT2D eigenvalue weighted by Gasteiger charge is -2.07. The van der Waals surface area contributed by atoms with E-state index in [0.29, 0.717) is 18.9 Å². The first-order valence-corrected chi connectivity index (χ1v) is 9.20. The van der Waals surface area contributed by atoms with Crippen molar-refractivity contribution in [3.63, 3.8) is 0 Å². The van der Waals surface area contributed by atoms with E-state index in [2.05, 4.69) is 15.3 Å². The molecule has 1 unspecified atom stereocenters. The lowest BCUT2D eigenvalue weighted by molar-refractivity contribution is 0.0946. The number of carbonyl (C=O) groups is 1. The number of rotatable bonds is 6. The molecule has 4 N–H and O–H groups in total. The molecule has 0 spiro atoms. The van der Waals surface area contributed by atoms with Crippen LogP contribution in [-0.2, 0) is 13.0 Å². The van der Waals surface area contributed by atoms with Crippen LogP contribution < -0.4 is 11.1 Å². The molecule has 2 aromatic heterocycles. The van der Waals surface area contributed by atoms with Crippen LogP contribution in [0.5, 0.6) is 0 Å². The van der Waals surface area contributed by atoms with Gasteiger partial charge in [0.1, 0.15) is 6.26 Å². The molecule has 4 aromatic rings. The lowest BCUT2D eigenvalue weighted by Crippen LogP contribution is -2.24. The number of fused-ring (bicyclic) bond motifs is 1. The van der Waals surface area contributed by atoms with Gasteiger partial charge in [-0.1, -0.05) is 42.5 Å². The summed E-state index contributed by atoms with van der Waals surface area (Å²) in [5.74, 6) is 0.0730. The smallest absolute Gasteiger partial charge is 0.273 e. The summed E-state index contributed by atoms with van der Waals surface area (Å²) in [5.41, 5.74) is 10.9. The number of nitrogens with one attached hydrogen (secondary N) is 2. The van der Waals surface area contributed by atoms with E-state index in [0.717, 1.165) is 27.6 Å². The van der Waals surface area contributed by atoms with E-state index in [4.69, 9.17) is 10.2 Å². The molecule has 0 aliphatic heterocycles. The van der Waals surface area contributed by atoms with Gasteiger partial charge < -0.3 is 20.5 Å². The van der Waals surface area contributed by atoms with Crippen molar-refractivity contribution in [1.82, 2.24) is 15.3 Å². The summed E-state index contributed by atoms with van der Waals surface area (Å²) in [6.07, 6.45) is 3.87. The highest BCUT2D eigenvalue weighted by atomic mass is 16.3. The number of amides is 1. The average Bonchev–Trinajstić information content (AvgIpc) is 3.35. The van der Waals surface area contributed by atoms with Gasteiger partial charge >= 0.3 is 0 Å². The van der Waals surface area contributed by atoms with E-state index in [9.17, 15) is 4.79 Å². The Bertz CT molecular complexity index is 1110. The van der Waals surface area contributed by atoms with Gasteiger partial charge in [-0.05, 0) is 36.1 Å². The molecule has 142 valence electrons. The highest BCUT2D eigenvalue weighted by Gasteiger charge is 2.18. The number of nitrogens with two attached hydrogens (primary N) is 1. The van der Waals surface area contributed by atoms with E-state index in [1.807, 2.05) is 61.7 Å². The second-order valence-corrected chi connectivity index (χ2v) is 6.85. The van der Waals surface area contributed by atoms with E-state index in [1.165, 1.54) is 6.26 Å². The van der Waals surface area contributed by atoms with Crippen molar-refractivity contribution in [2.45, 2.75) is 25.9 Å². The van der Waals surface area contributed by atoms with E-state index in [1.54, 1.807) is 0 Å². The Kier molecular flexibility index (Phi) is 4.95. The quantitative estimate of drug-likeness (QED) is 0.480. The first-order chi connectivity index (χ1) is 13.6. The Hall–Kier alpha value is -3.38. The molecule has 1 amide bonds. The summed E-state index contributed by atoms with van der Waals surface area (Å²) in [5, 5.41) is 4.00. The molecule has 2 heterocycles. The summed E-state index contributed by atoms with van der Waals surface area (Å²) < 4.78 is 5.48. The molecular weight excluding hydrogens is 352 g/mol. The number of benzene rings is 2. The molecule has 0 radical (unpaired) electrons. The van der Waals surface area contributed by atoms with Crippen molar-refractivity contribution in [3.8, 4) is 0 Å². The summed E-state index contributed by atoms with van der Waals surface area (Å²) in [4.78, 5) is 19.9. The molecule has 1 atom stereocenters. The highest BCUT2D eigenvalue weighted by Crippen LogP contribution is 2.23. The van der Waals surface area contributed by atoms with Gasteiger partial charge in [-0.2, -0.15) is 0 Å². The van der Waals surface area contributed by atoms with Crippen LogP contribution in [0.4, 0.5) is 0 Å². The number of oxazole rings is 1. The minimum absolute atomic E-state index is 0.234. The van der Waals surface area contributed by atoms with Crippen LogP contribution in [0.3, 0.4) is 0 Å². The Balaban J connectivity index is 1.42. The fourth-order valence-corrected chi connectivity index (χ4v) is 3.26. The maximum absolute atomic E-state index is 12.4. The van der Waals surface area contributed by atoms with E-state index < -0.39 is 6.04 Å². The van der Waals surface area contributed by atoms with Crippen molar-refractivity contribution >= 4 is 16.8 Å². The number of nitrogens with zero attached hydrogens (tertiary/aromatic N) is 1. The Morgan fingerprint density at radius 1 is 1.18 bits per heavy atom. The lowest BCUT2D eigenvalue weighted by atomic mass is 10.1. The molecule has 0 saturated heterocycles. The normalized spacial score (nSPS) is 12.2. The number of aromatic amines is 1. The van der Waals surface area contributed by atoms with Crippen molar-refractivity contribution < 1.29 is 9.21 Å². The number of H-pyrrole nitrogens is 1. The molecule has 6 heteroatoms. The fourth-order valence-electron chi connectivity index (χ4n) is 3.26. The van der Waals surface area contributed by atoms with Crippen molar-refractivity contribution in [2.75, 3.05) is 0 Å². The van der Waals surface area contributed by atoms with Crippen LogP contribution in [0.25, 0.3) is 10.9 Å². The summed E-state index contributed by atoms with van der Waals surface area (Å²) in [6.45, 7) is 2.45. The second kappa shape index (κ2) is 7.70. The van der Waals surface area contributed by atoms with Crippen molar-refractivity contribution in [1.29, 1.82) is 0 Å². The predicted octanol–water partition coefficient (Wildman–Crippen LogP) is 3.64. The number of carbonyl (C=O) groups excluding carboxylic acids is 1. The predicted molar refractivity (Wildman–Crippen MR) is 108 cm³/mol. The zero-order valence-corrected chi connectivity index (χ0v) is 15.6. The van der Waals surface area contributed by atoms with E-state index >= 15 is 0 Å². The monoisotopic (exact) mass is 374 g/mol. The summed E-state index contributed by atoms with van der Waals surface area (Å²) in [7, 11) is 0. The van der Waals surface area contributed by atoms with Gasteiger partial charge in [0.15, 0.2) is 5.69 Å². The van der Waals surface area contributed by atoms with Gasteiger partial charge in [-0.25, -0.2) is 4.98 Å². The maximum Gasteiger partial charge on any atom is 0.273 e. The largest absolute Gasteiger partial charge is 0.446 e. The van der Waals surface area contributed by atoms with Gasteiger partial charge in [-0.3, -0.25) is 4.79 Å². The second-order valence-electron chi connectivity index (χ2n) is 6.85. The minimum atomic E-state index is -0.433. The van der Waals surface area contributed by atoms with Gasteiger partial charge in [-0.15, -0.1) is 0 Å². The zero-order chi connectivity index (χ0) is 19.5. The zero-order valence-electron chi connectivity index (χ0n) is 15.6. The Morgan fingerprint density at radius 2 is 1.96 bits per heavy atom. The molecule has 6 nitrogen and oxygen atoms in total. The van der Waals surface area contributed by atoms with Crippen LogP contribution in [0.2, 0.25) is 0 Å². The molecule has 0 saturated carbocycles. The van der Waals surface area contributed by atoms with Crippen LogP contribution in [-0.4, -0.2) is 15.9 Å². The Labute approximate surface area is 162 Å². The van der Waals surface area contributed by atoms with Crippen LogP contribution in [0.15, 0.2) is 65.4 Å². The molecule has 2 aromatic carbocycles. The first-order valence-electron chi connectivity index (χ1n) is 9.20. The third kappa shape index (κ3) is 3.68. The molecule has 0 bridgehead atoms. The third-order valence-electron chi connectivity index (χ3n) is 4.89. The van der Waals surface area contributed by atoms with Crippen molar-refractivity contribution in [3.05, 3.63) is 89.3 Å². The van der Waals surface area contributed by atoms with Crippen LogP contribution in [0, 0.1) is 6.92 Å². The molecule has 0 aliphatic carbocycles.